The highest BCUT2D eigenvalue weighted by atomic mass is 16.2. The van der Waals surface area contributed by atoms with E-state index in [-0.39, 0.29) is 11.8 Å². The number of carbonyl (C=O) groups excluding carboxylic acids is 2. The van der Waals surface area contributed by atoms with E-state index in [4.69, 9.17) is 0 Å². The highest BCUT2D eigenvalue weighted by Crippen LogP contribution is 2.22. The molecule has 23 heavy (non-hydrogen) atoms. The molecule has 6 nitrogen and oxygen atoms in total. The minimum Gasteiger partial charge on any atom is -0.346 e. The number of rotatable bonds is 3. The molecular weight excluding hydrogens is 292 g/mol. The number of anilines is 1. The molecule has 2 N–H and O–H groups in total. The fraction of sp³-hybridized carbons (Fsp3) is 0.353. The zero-order valence-electron chi connectivity index (χ0n) is 13.5. The van der Waals surface area contributed by atoms with Gasteiger partial charge in [0.05, 0.1) is 0 Å². The van der Waals surface area contributed by atoms with E-state index in [0.29, 0.717) is 30.2 Å². The number of aromatic nitrogens is 2. The van der Waals surface area contributed by atoms with Crippen LogP contribution in [-0.2, 0) is 4.79 Å². The number of nitrogens with one attached hydrogen (secondary N) is 2. The van der Waals surface area contributed by atoms with E-state index in [0.717, 1.165) is 11.3 Å². The van der Waals surface area contributed by atoms with Gasteiger partial charge in [-0.2, -0.15) is 0 Å². The van der Waals surface area contributed by atoms with Gasteiger partial charge in [-0.15, -0.1) is 0 Å². The van der Waals surface area contributed by atoms with Gasteiger partial charge in [-0.25, -0.2) is 4.98 Å². The molecule has 1 aliphatic heterocycles. The minimum absolute atomic E-state index is 0.0767. The smallest absolute Gasteiger partial charge is 0.272 e. The maximum Gasteiger partial charge on any atom is 0.272 e. The van der Waals surface area contributed by atoms with Crippen LogP contribution in [0.1, 0.15) is 34.0 Å². The van der Waals surface area contributed by atoms with Crippen molar-refractivity contribution in [2.45, 2.75) is 33.2 Å². The van der Waals surface area contributed by atoms with E-state index in [1.54, 1.807) is 18.7 Å². The predicted octanol–water partition coefficient (Wildman–Crippen LogP) is 1.87. The fourth-order valence-electron chi connectivity index (χ4n) is 2.85. The van der Waals surface area contributed by atoms with Crippen molar-refractivity contribution in [2.75, 3.05) is 11.4 Å². The Bertz CT molecular complexity index is 748. The third kappa shape index (κ3) is 2.97. The Morgan fingerprint density at radius 1 is 1.26 bits per heavy atom. The maximum atomic E-state index is 12.5. The molecule has 2 amide bonds. The van der Waals surface area contributed by atoms with Crippen LogP contribution in [0.5, 0.6) is 0 Å². The molecule has 2 heterocycles. The lowest BCUT2D eigenvalue weighted by Gasteiger charge is -2.17. The van der Waals surface area contributed by atoms with Crippen LogP contribution in [0.4, 0.5) is 5.69 Å². The van der Waals surface area contributed by atoms with Gasteiger partial charge in [-0.1, -0.05) is 17.7 Å². The average Bonchev–Trinajstić information content (AvgIpc) is 3.03. The number of hydrogen-bond acceptors (Lipinski definition) is 3. The van der Waals surface area contributed by atoms with Crippen molar-refractivity contribution >= 4 is 17.5 Å². The molecule has 0 aliphatic carbocycles. The number of carbonyl (C=O) groups is 2. The van der Waals surface area contributed by atoms with Crippen LogP contribution in [0.15, 0.2) is 24.3 Å². The second-order valence-electron chi connectivity index (χ2n) is 5.94. The molecule has 0 spiro atoms. The molecule has 0 radical (unpaired) electrons. The van der Waals surface area contributed by atoms with Crippen molar-refractivity contribution < 1.29 is 9.59 Å². The number of H-pyrrole nitrogens is 1. The molecule has 2 aromatic rings. The molecule has 3 rings (SSSR count). The number of amides is 2. The van der Waals surface area contributed by atoms with Gasteiger partial charge in [0.25, 0.3) is 5.91 Å². The molecule has 120 valence electrons. The first-order valence-corrected chi connectivity index (χ1v) is 7.68. The van der Waals surface area contributed by atoms with Crippen LogP contribution >= 0.6 is 0 Å². The van der Waals surface area contributed by atoms with Gasteiger partial charge in [0.2, 0.25) is 5.91 Å². The Hall–Kier alpha value is -2.63. The van der Waals surface area contributed by atoms with E-state index in [2.05, 4.69) is 15.3 Å². The summed E-state index contributed by atoms with van der Waals surface area (Å²) in [6.07, 6.45) is 0.598. The molecule has 1 aromatic carbocycles. The SMILES string of the molecule is Cc1ccc(N2CCC(NC(=O)c3nc(C)[nH]c3C)C2=O)cc1. The molecule has 1 fully saturated rings. The molecule has 1 aromatic heterocycles. The van der Waals surface area contributed by atoms with Gasteiger partial charge in [0, 0.05) is 17.9 Å². The molecule has 6 heteroatoms. The van der Waals surface area contributed by atoms with Crippen LogP contribution in [0.3, 0.4) is 0 Å². The topological polar surface area (TPSA) is 78.1 Å². The summed E-state index contributed by atoms with van der Waals surface area (Å²) in [4.78, 5) is 33.7. The molecule has 1 atom stereocenters. The Labute approximate surface area is 134 Å². The van der Waals surface area contributed by atoms with Crippen LogP contribution in [-0.4, -0.2) is 34.4 Å². The number of hydrogen-bond donors (Lipinski definition) is 2. The first kappa shape index (κ1) is 15.3. The number of benzene rings is 1. The summed E-state index contributed by atoms with van der Waals surface area (Å²) in [7, 11) is 0. The first-order valence-electron chi connectivity index (χ1n) is 7.68. The van der Waals surface area contributed by atoms with Gasteiger partial charge < -0.3 is 15.2 Å². The number of imidazole rings is 1. The van der Waals surface area contributed by atoms with E-state index >= 15 is 0 Å². The Balaban J connectivity index is 1.71. The molecular formula is C17H20N4O2. The number of aryl methyl sites for hydroxylation is 3. The van der Waals surface area contributed by atoms with Crippen molar-refractivity contribution in [2.24, 2.45) is 0 Å². The molecule has 1 aliphatic rings. The summed E-state index contributed by atoms with van der Waals surface area (Å²) >= 11 is 0. The standard InChI is InChI=1S/C17H20N4O2/c1-10-4-6-13(7-5-10)21-9-8-14(17(21)23)20-16(22)15-11(2)18-12(3)19-15/h4-7,14H,8-9H2,1-3H3,(H,18,19)(H,20,22). The number of nitrogens with zero attached hydrogens (tertiary/aromatic N) is 2. The minimum atomic E-state index is -0.500. The monoisotopic (exact) mass is 312 g/mol. The first-order chi connectivity index (χ1) is 11.0. The van der Waals surface area contributed by atoms with Gasteiger partial charge in [-0.3, -0.25) is 9.59 Å². The van der Waals surface area contributed by atoms with Gasteiger partial charge in [0.1, 0.15) is 17.6 Å². The van der Waals surface area contributed by atoms with E-state index in [1.807, 2.05) is 31.2 Å². The molecule has 1 unspecified atom stereocenters. The summed E-state index contributed by atoms with van der Waals surface area (Å²) in [5.41, 5.74) is 3.07. The van der Waals surface area contributed by atoms with Crippen molar-refractivity contribution in [1.82, 2.24) is 15.3 Å². The normalized spacial score (nSPS) is 17.6. The van der Waals surface area contributed by atoms with Gasteiger partial charge >= 0.3 is 0 Å². The van der Waals surface area contributed by atoms with Crippen LogP contribution in [0.25, 0.3) is 0 Å². The van der Waals surface area contributed by atoms with E-state index in [9.17, 15) is 9.59 Å². The zero-order valence-corrected chi connectivity index (χ0v) is 13.5. The van der Waals surface area contributed by atoms with Gasteiger partial charge in [-0.05, 0) is 39.3 Å². The second-order valence-corrected chi connectivity index (χ2v) is 5.94. The van der Waals surface area contributed by atoms with Crippen LogP contribution in [0, 0.1) is 20.8 Å². The summed E-state index contributed by atoms with van der Waals surface area (Å²) in [5, 5.41) is 2.80. The third-order valence-corrected chi connectivity index (χ3v) is 4.07. The molecule has 0 saturated carbocycles. The summed E-state index contributed by atoms with van der Waals surface area (Å²) < 4.78 is 0. The van der Waals surface area contributed by atoms with E-state index < -0.39 is 6.04 Å². The lowest BCUT2D eigenvalue weighted by molar-refractivity contribution is -0.118. The second kappa shape index (κ2) is 5.87. The summed E-state index contributed by atoms with van der Waals surface area (Å²) in [6, 6.07) is 7.31. The van der Waals surface area contributed by atoms with Crippen molar-refractivity contribution in [3.63, 3.8) is 0 Å². The van der Waals surface area contributed by atoms with Gasteiger partial charge in [0.15, 0.2) is 0 Å². The largest absolute Gasteiger partial charge is 0.346 e. The quantitative estimate of drug-likeness (QED) is 0.908. The third-order valence-electron chi connectivity index (χ3n) is 4.07. The number of aromatic amines is 1. The highest BCUT2D eigenvalue weighted by Gasteiger charge is 2.34. The average molecular weight is 312 g/mol. The van der Waals surface area contributed by atoms with Crippen LogP contribution < -0.4 is 10.2 Å². The molecule has 1 saturated heterocycles. The Morgan fingerprint density at radius 2 is 1.96 bits per heavy atom. The Morgan fingerprint density at radius 3 is 2.57 bits per heavy atom. The summed E-state index contributed by atoms with van der Waals surface area (Å²) in [6.45, 7) is 6.20. The zero-order chi connectivity index (χ0) is 16.6. The lowest BCUT2D eigenvalue weighted by atomic mass is 10.2. The lowest BCUT2D eigenvalue weighted by Crippen LogP contribution is -2.41. The van der Waals surface area contributed by atoms with E-state index in [1.165, 1.54) is 0 Å². The van der Waals surface area contributed by atoms with Crippen molar-refractivity contribution in [3.05, 3.63) is 47.0 Å². The predicted molar refractivity (Wildman–Crippen MR) is 87.5 cm³/mol. The van der Waals surface area contributed by atoms with Crippen LogP contribution in [0.2, 0.25) is 0 Å². The van der Waals surface area contributed by atoms with Crippen molar-refractivity contribution in [1.29, 1.82) is 0 Å². The maximum absolute atomic E-state index is 12.5. The fourth-order valence-corrected chi connectivity index (χ4v) is 2.85. The molecule has 0 bridgehead atoms. The summed E-state index contributed by atoms with van der Waals surface area (Å²) in [5.74, 6) is 0.301. The van der Waals surface area contributed by atoms with Crippen molar-refractivity contribution in [3.8, 4) is 0 Å². The highest BCUT2D eigenvalue weighted by molar-refractivity contribution is 6.03. The Kier molecular flexibility index (Phi) is 3.90.